The second kappa shape index (κ2) is 4.02. The molecule has 1 atom stereocenters. The van der Waals surface area contributed by atoms with Crippen LogP contribution in [0.4, 0.5) is 17.6 Å². The van der Waals surface area contributed by atoms with E-state index in [9.17, 15) is 17.6 Å². The summed E-state index contributed by atoms with van der Waals surface area (Å²) in [6, 6.07) is 0. The Hall–Kier alpha value is -0.360. The van der Waals surface area contributed by atoms with Crippen LogP contribution in [-0.4, -0.2) is 31.2 Å². The molecule has 1 unspecified atom stereocenters. The minimum atomic E-state index is -4.92. The molecule has 1 aliphatic heterocycles. The lowest BCUT2D eigenvalue weighted by Gasteiger charge is -2.35. The molecule has 0 amide bonds. The van der Waals surface area contributed by atoms with Gasteiger partial charge in [0.1, 0.15) is 0 Å². The first-order valence-electron chi connectivity index (χ1n) is 4.43. The second-order valence-corrected chi connectivity index (χ2v) is 3.68. The van der Waals surface area contributed by atoms with Crippen molar-refractivity contribution in [3.8, 4) is 0 Å². The van der Waals surface area contributed by atoms with Crippen LogP contribution >= 0.6 is 0 Å². The second-order valence-electron chi connectivity index (χ2n) is 3.68. The Balaban J connectivity index is 2.49. The van der Waals surface area contributed by atoms with Crippen molar-refractivity contribution in [3.05, 3.63) is 0 Å². The zero-order chi connectivity index (χ0) is 10.8. The molecular formula is C8H13F4NO. The number of rotatable bonds is 2. The van der Waals surface area contributed by atoms with E-state index in [1.807, 2.05) is 0 Å². The lowest BCUT2D eigenvalue weighted by atomic mass is 9.94. The third-order valence-corrected chi connectivity index (χ3v) is 2.31. The molecule has 0 bridgehead atoms. The zero-order valence-corrected chi connectivity index (χ0v) is 7.83. The summed E-state index contributed by atoms with van der Waals surface area (Å²) >= 11 is 0. The topological polar surface area (TPSA) is 21.3 Å². The molecule has 0 radical (unpaired) electrons. The highest BCUT2D eigenvalue weighted by Crippen LogP contribution is 2.31. The summed E-state index contributed by atoms with van der Waals surface area (Å²) in [6.45, 7) is 2.62. The molecule has 0 aromatic heterocycles. The van der Waals surface area contributed by atoms with Crippen molar-refractivity contribution < 1.29 is 22.3 Å². The van der Waals surface area contributed by atoms with E-state index >= 15 is 0 Å². The van der Waals surface area contributed by atoms with Crippen LogP contribution in [0.3, 0.4) is 0 Å². The number of alkyl halides is 4. The Bertz CT molecular complexity index is 188. The highest BCUT2D eigenvalue weighted by Gasteiger charge is 2.45. The summed E-state index contributed by atoms with van der Waals surface area (Å²) in [5, 5.41) is 2.97. The molecule has 1 fully saturated rings. The first kappa shape index (κ1) is 11.7. The summed E-state index contributed by atoms with van der Waals surface area (Å²) < 4.78 is 52.6. The quantitative estimate of drug-likeness (QED) is 0.711. The van der Waals surface area contributed by atoms with Crippen LogP contribution in [0.15, 0.2) is 0 Å². The largest absolute Gasteiger partial charge is 0.445 e. The van der Waals surface area contributed by atoms with Crippen LogP contribution in [-0.2, 0) is 4.74 Å². The van der Waals surface area contributed by atoms with E-state index in [2.05, 4.69) is 10.1 Å². The van der Waals surface area contributed by atoms with Gasteiger partial charge in [0.25, 0.3) is 6.36 Å². The maximum Gasteiger partial charge on any atom is 0.445 e. The van der Waals surface area contributed by atoms with E-state index < -0.39 is 18.1 Å². The van der Waals surface area contributed by atoms with Crippen molar-refractivity contribution in [2.45, 2.75) is 37.9 Å². The van der Waals surface area contributed by atoms with Gasteiger partial charge in [0.15, 0.2) is 0 Å². The Morgan fingerprint density at radius 3 is 2.21 bits per heavy atom. The molecule has 2 nitrogen and oxygen atoms in total. The highest BCUT2D eigenvalue weighted by molar-refractivity contribution is 4.82. The maximum absolute atomic E-state index is 12.6. The van der Waals surface area contributed by atoms with Crippen LogP contribution in [0.5, 0.6) is 0 Å². The summed E-state index contributed by atoms with van der Waals surface area (Å²) in [5.74, 6) is 0. The van der Waals surface area contributed by atoms with Crippen molar-refractivity contribution in [2.75, 3.05) is 13.1 Å². The molecule has 0 saturated carbocycles. The molecule has 0 aromatic carbocycles. The smallest absolute Gasteiger partial charge is 0.335 e. The Labute approximate surface area is 79.6 Å². The van der Waals surface area contributed by atoms with Gasteiger partial charge in [-0.05, 0) is 32.9 Å². The summed E-state index contributed by atoms with van der Waals surface area (Å²) in [5.41, 5.74) is -1.000. The summed E-state index contributed by atoms with van der Waals surface area (Å²) in [4.78, 5) is 0. The molecule has 1 saturated heterocycles. The fourth-order valence-electron chi connectivity index (χ4n) is 1.39. The Kier molecular flexibility index (Phi) is 3.36. The van der Waals surface area contributed by atoms with Crippen LogP contribution in [0.1, 0.15) is 19.8 Å². The predicted octanol–water partition coefficient (Wildman–Crippen LogP) is 2.00. The van der Waals surface area contributed by atoms with Crippen LogP contribution in [0.2, 0.25) is 0 Å². The van der Waals surface area contributed by atoms with Crippen molar-refractivity contribution in [2.24, 2.45) is 0 Å². The number of ether oxygens (including phenoxy) is 1. The minimum Gasteiger partial charge on any atom is -0.335 e. The lowest BCUT2D eigenvalue weighted by Crippen LogP contribution is -2.45. The number of nitrogens with one attached hydrogen (secondary N) is 1. The highest BCUT2D eigenvalue weighted by atomic mass is 19.4. The van der Waals surface area contributed by atoms with Crippen molar-refractivity contribution in [3.63, 3.8) is 0 Å². The van der Waals surface area contributed by atoms with Gasteiger partial charge in [-0.2, -0.15) is 13.2 Å². The van der Waals surface area contributed by atoms with Crippen LogP contribution in [0, 0.1) is 0 Å². The van der Waals surface area contributed by atoms with E-state index in [0.29, 0.717) is 25.9 Å². The minimum absolute atomic E-state index is 0.392. The molecule has 1 N–H and O–H groups in total. The fraction of sp³-hybridized carbons (Fsp3) is 1.00. The molecule has 14 heavy (non-hydrogen) atoms. The lowest BCUT2D eigenvalue weighted by molar-refractivity contribution is -0.297. The molecule has 1 rings (SSSR count). The summed E-state index contributed by atoms with van der Waals surface area (Å²) in [7, 11) is 0. The van der Waals surface area contributed by atoms with Gasteiger partial charge in [0.2, 0.25) is 0 Å². The zero-order valence-electron chi connectivity index (χ0n) is 7.83. The average Bonchev–Trinajstić information content (AvgIpc) is 2.02. The van der Waals surface area contributed by atoms with Gasteiger partial charge in [0.05, 0.1) is 5.60 Å². The fourth-order valence-corrected chi connectivity index (χ4v) is 1.39. The van der Waals surface area contributed by atoms with Gasteiger partial charge in [-0.3, -0.25) is 0 Å². The standard InChI is InChI=1S/C8H13F4NO/c1-7(2-4-13-5-3-7)14-6(9)8(10,11)12/h6,13H,2-5H2,1H3. The average molecular weight is 215 g/mol. The van der Waals surface area contributed by atoms with Crippen LogP contribution < -0.4 is 5.32 Å². The van der Waals surface area contributed by atoms with Crippen molar-refractivity contribution in [1.29, 1.82) is 0 Å². The predicted molar refractivity (Wildman–Crippen MR) is 42.5 cm³/mol. The normalized spacial score (nSPS) is 24.6. The summed E-state index contributed by atoms with van der Waals surface area (Å²) in [6.07, 6.45) is -7.31. The number of halogens is 4. The van der Waals surface area contributed by atoms with Gasteiger partial charge in [0, 0.05) is 0 Å². The molecule has 84 valence electrons. The van der Waals surface area contributed by atoms with E-state index in [1.54, 1.807) is 0 Å². The monoisotopic (exact) mass is 215 g/mol. The molecular weight excluding hydrogens is 202 g/mol. The van der Waals surface area contributed by atoms with E-state index in [0.717, 1.165) is 0 Å². The number of hydrogen-bond donors (Lipinski definition) is 1. The SMILES string of the molecule is CC1(OC(F)C(F)(F)F)CCNCC1. The number of hydrogen-bond acceptors (Lipinski definition) is 2. The molecule has 0 aromatic rings. The van der Waals surface area contributed by atoms with E-state index in [4.69, 9.17) is 0 Å². The molecule has 1 aliphatic rings. The first-order chi connectivity index (χ1) is 6.33. The van der Waals surface area contributed by atoms with Crippen molar-refractivity contribution in [1.82, 2.24) is 5.32 Å². The maximum atomic E-state index is 12.6. The van der Waals surface area contributed by atoms with Crippen LogP contribution in [0.25, 0.3) is 0 Å². The number of piperidine rings is 1. The first-order valence-corrected chi connectivity index (χ1v) is 4.43. The molecule has 0 aliphatic carbocycles. The van der Waals surface area contributed by atoms with Gasteiger partial charge >= 0.3 is 6.18 Å². The third kappa shape index (κ3) is 3.09. The van der Waals surface area contributed by atoms with Gasteiger partial charge < -0.3 is 10.1 Å². The molecule has 1 heterocycles. The Morgan fingerprint density at radius 2 is 1.79 bits per heavy atom. The third-order valence-electron chi connectivity index (χ3n) is 2.31. The van der Waals surface area contributed by atoms with Gasteiger partial charge in [-0.25, -0.2) is 4.39 Å². The van der Waals surface area contributed by atoms with Crippen molar-refractivity contribution >= 4 is 0 Å². The Morgan fingerprint density at radius 1 is 1.29 bits per heavy atom. The molecule has 6 heteroatoms. The van der Waals surface area contributed by atoms with E-state index in [-0.39, 0.29) is 0 Å². The van der Waals surface area contributed by atoms with Gasteiger partial charge in [-0.15, -0.1) is 0 Å². The van der Waals surface area contributed by atoms with E-state index in [1.165, 1.54) is 6.92 Å². The van der Waals surface area contributed by atoms with Gasteiger partial charge in [-0.1, -0.05) is 0 Å². The molecule has 0 spiro atoms.